The van der Waals surface area contributed by atoms with E-state index in [1.165, 1.54) is 39.9 Å². The predicted molar refractivity (Wildman–Crippen MR) is 130 cm³/mol. The van der Waals surface area contributed by atoms with E-state index in [0.717, 1.165) is 32.5 Å². The number of nitrogens with one attached hydrogen (secondary N) is 1. The van der Waals surface area contributed by atoms with Gasteiger partial charge in [0.05, 0.1) is 16.2 Å². The lowest BCUT2D eigenvalue weighted by molar-refractivity contribution is 0.312. The number of anilines is 2. The summed E-state index contributed by atoms with van der Waals surface area (Å²) in [6.07, 6.45) is 2.24. The molecule has 2 heterocycles. The van der Waals surface area contributed by atoms with Crippen LogP contribution in [0.3, 0.4) is 0 Å². The standard InChI is InChI=1S/C23H24ClFN4O2S2/c1-28(21-12-29(14-23(21)7-8-23)11-16-5-3-2-4-6-16)19-10-18(25)20(9-17(19)24)33(30,31)27-22-13-32-15-26-22/h2-6,9-10,13,15,21,27H,7-8,11-12,14H2,1H3/t21-/m1/s1. The van der Waals surface area contributed by atoms with E-state index >= 15 is 4.39 Å². The van der Waals surface area contributed by atoms with Crippen molar-refractivity contribution in [3.63, 3.8) is 0 Å². The van der Waals surface area contributed by atoms with Crippen LogP contribution in [0.15, 0.2) is 58.3 Å². The van der Waals surface area contributed by atoms with Crippen molar-refractivity contribution in [3.8, 4) is 0 Å². The Morgan fingerprint density at radius 1 is 1.30 bits per heavy atom. The van der Waals surface area contributed by atoms with Gasteiger partial charge in [-0.1, -0.05) is 41.9 Å². The van der Waals surface area contributed by atoms with E-state index in [2.05, 4.69) is 26.7 Å². The van der Waals surface area contributed by atoms with Gasteiger partial charge in [-0.2, -0.15) is 0 Å². The average molecular weight is 507 g/mol. The maximum absolute atomic E-state index is 15.0. The first-order valence-corrected chi connectivity index (χ1v) is 13.5. The predicted octanol–water partition coefficient (Wildman–Crippen LogP) is 4.84. The van der Waals surface area contributed by atoms with Gasteiger partial charge in [0.15, 0.2) is 5.82 Å². The van der Waals surface area contributed by atoms with Crippen LogP contribution in [0, 0.1) is 11.2 Å². The molecule has 2 aliphatic rings. The van der Waals surface area contributed by atoms with Crippen molar-refractivity contribution in [2.75, 3.05) is 29.8 Å². The van der Waals surface area contributed by atoms with Crippen LogP contribution in [0.1, 0.15) is 18.4 Å². The van der Waals surface area contributed by atoms with Crippen LogP contribution < -0.4 is 9.62 Å². The normalized spacial score (nSPS) is 19.7. The minimum Gasteiger partial charge on any atom is -0.368 e. The van der Waals surface area contributed by atoms with Gasteiger partial charge in [0.25, 0.3) is 10.0 Å². The second-order valence-electron chi connectivity index (χ2n) is 8.86. The Kier molecular flexibility index (Phi) is 5.84. The van der Waals surface area contributed by atoms with Crippen molar-refractivity contribution in [1.82, 2.24) is 9.88 Å². The Morgan fingerprint density at radius 3 is 2.73 bits per heavy atom. The monoisotopic (exact) mass is 506 g/mol. The molecule has 33 heavy (non-hydrogen) atoms. The Labute approximate surface area is 202 Å². The number of rotatable bonds is 7. The molecular formula is C23H24ClFN4O2S2. The van der Waals surface area contributed by atoms with Crippen molar-refractivity contribution in [3.05, 3.63) is 69.8 Å². The molecule has 3 aromatic rings. The number of halogens is 2. The number of hydrogen-bond donors (Lipinski definition) is 1. The van der Waals surface area contributed by atoms with E-state index < -0.39 is 20.7 Å². The Balaban J connectivity index is 1.37. The highest BCUT2D eigenvalue weighted by Crippen LogP contribution is 2.55. The van der Waals surface area contributed by atoms with Crippen LogP contribution in [0.25, 0.3) is 0 Å². The third-order valence-corrected chi connectivity index (χ3v) is 8.89. The molecule has 6 nitrogen and oxygen atoms in total. The summed E-state index contributed by atoms with van der Waals surface area (Å²) in [5, 5.41) is 1.74. The van der Waals surface area contributed by atoms with Crippen LogP contribution in [0.5, 0.6) is 0 Å². The number of likely N-dealkylation sites (N-methyl/N-ethyl adjacent to an activating group) is 1. The molecule has 1 N–H and O–H groups in total. The molecule has 1 saturated heterocycles. The minimum absolute atomic E-state index is 0.150. The van der Waals surface area contributed by atoms with E-state index in [9.17, 15) is 8.42 Å². The molecular weight excluding hydrogens is 483 g/mol. The fourth-order valence-corrected chi connectivity index (χ4v) is 6.82. The summed E-state index contributed by atoms with van der Waals surface area (Å²) in [7, 11) is -2.23. The summed E-state index contributed by atoms with van der Waals surface area (Å²) in [5.41, 5.74) is 3.43. The number of sulfonamides is 1. The molecule has 5 rings (SSSR count). The van der Waals surface area contributed by atoms with Gasteiger partial charge in [-0.3, -0.25) is 9.62 Å². The fourth-order valence-electron chi connectivity index (χ4n) is 4.82. The smallest absolute Gasteiger partial charge is 0.266 e. The molecule has 174 valence electrons. The van der Waals surface area contributed by atoms with Gasteiger partial charge in [-0.25, -0.2) is 17.8 Å². The van der Waals surface area contributed by atoms with Crippen molar-refractivity contribution in [2.45, 2.75) is 30.3 Å². The molecule has 1 atom stereocenters. The first-order chi connectivity index (χ1) is 15.8. The van der Waals surface area contributed by atoms with Crippen LogP contribution in [-0.2, 0) is 16.6 Å². The fraction of sp³-hybridized carbons (Fsp3) is 0.348. The highest BCUT2D eigenvalue weighted by molar-refractivity contribution is 7.92. The minimum atomic E-state index is -4.14. The maximum Gasteiger partial charge on any atom is 0.266 e. The lowest BCUT2D eigenvalue weighted by Crippen LogP contribution is -2.39. The molecule has 2 fully saturated rings. The summed E-state index contributed by atoms with van der Waals surface area (Å²) in [4.78, 5) is 7.86. The second-order valence-corrected chi connectivity index (χ2v) is 11.6. The molecule has 2 aromatic carbocycles. The quantitative estimate of drug-likeness (QED) is 0.497. The third kappa shape index (κ3) is 4.47. The highest BCUT2D eigenvalue weighted by atomic mass is 35.5. The molecule has 0 amide bonds. The lowest BCUT2D eigenvalue weighted by Gasteiger charge is -2.32. The molecule has 1 aromatic heterocycles. The highest BCUT2D eigenvalue weighted by Gasteiger charge is 2.56. The Bertz CT molecular complexity index is 1250. The molecule has 1 saturated carbocycles. The molecule has 0 radical (unpaired) electrons. The average Bonchev–Trinajstić information content (AvgIpc) is 3.20. The summed E-state index contributed by atoms with van der Waals surface area (Å²) in [5.74, 6) is -0.690. The number of aromatic nitrogens is 1. The summed E-state index contributed by atoms with van der Waals surface area (Å²) >= 11 is 7.76. The number of likely N-dealkylation sites (tertiary alicyclic amines) is 1. The van der Waals surface area contributed by atoms with Gasteiger partial charge >= 0.3 is 0 Å². The van der Waals surface area contributed by atoms with E-state index in [4.69, 9.17) is 11.6 Å². The summed E-state index contributed by atoms with van der Waals surface area (Å²) < 4.78 is 42.7. The van der Waals surface area contributed by atoms with Gasteiger partial charge in [-0.15, -0.1) is 11.3 Å². The number of thiazole rings is 1. The molecule has 0 bridgehead atoms. The Hall–Kier alpha value is -2.20. The van der Waals surface area contributed by atoms with Crippen LogP contribution in [0.2, 0.25) is 5.02 Å². The maximum atomic E-state index is 15.0. The summed E-state index contributed by atoms with van der Waals surface area (Å²) in [6.45, 7) is 2.70. The molecule has 1 spiro atoms. The van der Waals surface area contributed by atoms with E-state index in [1.54, 1.807) is 0 Å². The molecule has 10 heteroatoms. The molecule has 1 aliphatic heterocycles. The van der Waals surface area contributed by atoms with Crippen LogP contribution in [0.4, 0.5) is 15.9 Å². The van der Waals surface area contributed by atoms with Gasteiger partial charge in [0.1, 0.15) is 10.7 Å². The van der Waals surface area contributed by atoms with Crippen molar-refractivity contribution in [1.29, 1.82) is 0 Å². The number of nitrogens with zero attached hydrogens (tertiary/aromatic N) is 3. The first-order valence-electron chi connectivity index (χ1n) is 10.7. The zero-order chi connectivity index (χ0) is 23.2. The molecule has 0 unspecified atom stereocenters. The zero-order valence-electron chi connectivity index (χ0n) is 18.0. The van der Waals surface area contributed by atoms with Gasteiger partial charge in [0, 0.05) is 49.6 Å². The number of hydrogen-bond acceptors (Lipinski definition) is 6. The second kappa shape index (κ2) is 8.54. The van der Waals surface area contributed by atoms with Crippen molar-refractivity contribution < 1.29 is 12.8 Å². The largest absolute Gasteiger partial charge is 0.368 e. The van der Waals surface area contributed by atoms with E-state index in [0.29, 0.717) is 5.69 Å². The molecule has 1 aliphatic carbocycles. The van der Waals surface area contributed by atoms with Gasteiger partial charge in [-0.05, 0) is 24.5 Å². The van der Waals surface area contributed by atoms with Crippen molar-refractivity contribution >= 4 is 44.5 Å². The SMILES string of the molecule is CN(c1cc(F)c(S(=O)(=O)Nc2cscn2)cc1Cl)[C@@H]1CN(Cc2ccccc2)CC12CC2. The van der Waals surface area contributed by atoms with Crippen LogP contribution in [-0.4, -0.2) is 44.5 Å². The first kappa shape index (κ1) is 22.6. The Morgan fingerprint density at radius 2 is 2.06 bits per heavy atom. The third-order valence-electron chi connectivity index (χ3n) is 6.63. The zero-order valence-corrected chi connectivity index (χ0v) is 20.4. The summed E-state index contributed by atoms with van der Waals surface area (Å²) in [6, 6.07) is 12.9. The van der Waals surface area contributed by atoms with Gasteiger partial charge < -0.3 is 4.90 Å². The van der Waals surface area contributed by atoms with E-state index in [-0.39, 0.29) is 22.3 Å². The topological polar surface area (TPSA) is 65.5 Å². The van der Waals surface area contributed by atoms with Crippen molar-refractivity contribution in [2.24, 2.45) is 5.41 Å². The van der Waals surface area contributed by atoms with Gasteiger partial charge in [0.2, 0.25) is 0 Å². The lowest BCUT2D eigenvalue weighted by atomic mass is 9.99. The number of benzene rings is 2. The van der Waals surface area contributed by atoms with Crippen LogP contribution >= 0.6 is 22.9 Å². The van der Waals surface area contributed by atoms with E-state index in [1.807, 2.05) is 30.1 Å².